The average molecular weight is 445 g/mol. The van der Waals surface area contributed by atoms with Crippen LogP contribution in [0.4, 0.5) is 5.69 Å². The number of hydrogen-bond acceptors (Lipinski definition) is 5. The van der Waals surface area contributed by atoms with E-state index in [-0.39, 0.29) is 22.7 Å². The quantitative estimate of drug-likeness (QED) is 0.688. The van der Waals surface area contributed by atoms with Gasteiger partial charge in [0.15, 0.2) is 0 Å². The summed E-state index contributed by atoms with van der Waals surface area (Å²) in [5.41, 5.74) is 2.34. The maximum Gasteiger partial charge on any atom is 0.309 e. The van der Waals surface area contributed by atoms with Crippen molar-refractivity contribution in [1.82, 2.24) is 4.90 Å². The molecule has 0 atom stereocenters. The van der Waals surface area contributed by atoms with E-state index in [9.17, 15) is 18.0 Å². The number of ether oxygens (including phenoxy) is 1. The molecule has 1 amide bonds. The minimum absolute atomic E-state index is 0.162. The topological polar surface area (TPSA) is 92.8 Å². The van der Waals surface area contributed by atoms with E-state index >= 15 is 0 Å². The van der Waals surface area contributed by atoms with Gasteiger partial charge in [-0.2, -0.15) is 0 Å². The first-order valence-corrected chi connectivity index (χ1v) is 11.9. The summed E-state index contributed by atoms with van der Waals surface area (Å²) in [5, 5.41) is 0. The summed E-state index contributed by atoms with van der Waals surface area (Å²) in [4.78, 5) is 26.9. The van der Waals surface area contributed by atoms with Crippen LogP contribution in [0, 0.1) is 19.8 Å². The van der Waals surface area contributed by atoms with Crippen molar-refractivity contribution in [2.45, 2.75) is 38.5 Å². The van der Waals surface area contributed by atoms with Gasteiger partial charge in [-0.3, -0.25) is 14.3 Å². The third-order valence-electron chi connectivity index (χ3n) is 5.54. The second kappa shape index (κ2) is 9.51. The maximum atomic E-state index is 13.1. The fraction of sp³-hybridized carbons (Fsp3) is 0.391. The van der Waals surface area contributed by atoms with Crippen LogP contribution >= 0.6 is 0 Å². The Morgan fingerprint density at radius 3 is 2.32 bits per heavy atom. The molecule has 0 aliphatic carbocycles. The molecule has 166 valence electrons. The molecule has 31 heavy (non-hydrogen) atoms. The molecule has 1 aliphatic heterocycles. The molecule has 3 rings (SSSR count). The normalized spacial score (nSPS) is 14.9. The number of rotatable bonds is 6. The highest BCUT2D eigenvalue weighted by molar-refractivity contribution is 7.92. The summed E-state index contributed by atoms with van der Waals surface area (Å²) in [6.45, 7) is 6.66. The Kier molecular flexibility index (Phi) is 7.00. The van der Waals surface area contributed by atoms with E-state index in [4.69, 9.17) is 4.74 Å². The van der Waals surface area contributed by atoms with E-state index in [0.717, 1.165) is 5.56 Å². The lowest BCUT2D eigenvalue weighted by molar-refractivity contribution is -0.149. The smallest absolute Gasteiger partial charge is 0.309 e. The zero-order valence-corrected chi connectivity index (χ0v) is 18.9. The number of piperidine rings is 1. The minimum Gasteiger partial charge on any atom is -0.466 e. The average Bonchev–Trinajstić information content (AvgIpc) is 2.75. The van der Waals surface area contributed by atoms with Gasteiger partial charge < -0.3 is 9.64 Å². The molecule has 0 unspecified atom stereocenters. The van der Waals surface area contributed by atoms with Gasteiger partial charge in [-0.1, -0.05) is 23.8 Å². The van der Waals surface area contributed by atoms with Crippen LogP contribution in [0.15, 0.2) is 47.4 Å². The van der Waals surface area contributed by atoms with E-state index in [1.54, 1.807) is 61.2 Å². The third kappa shape index (κ3) is 5.25. The lowest BCUT2D eigenvalue weighted by Gasteiger charge is -2.31. The number of amides is 1. The molecule has 1 heterocycles. The van der Waals surface area contributed by atoms with Gasteiger partial charge in [0.05, 0.1) is 23.1 Å². The van der Waals surface area contributed by atoms with Crippen LogP contribution in [0.3, 0.4) is 0 Å². The number of sulfonamides is 1. The van der Waals surface area contributed by atoms with E-state index in [1.807, 2.05) is 6.92 Å². The van der Waals surface area contributed by atoms with Crippen LogP contribution in [-0.2, 0) is 19.6 Å². The van der Waals surface area contributed by atoms with Gasteiger partial charge in [-0.15, -0.1) is 0 Å². The highest BCUT2D eigenvalue weighted by Gasteiger charge is 2.29. The highest BCUT2D eigenvalue weighted by Crippen LogP contribution is 2.26. The number of hydrogen-bond donors (Lipinski definition) is 1. The first-order valence-electron chi connectivity index (χ1n) is 10.4. The lowest BCUT2D eigenvalue weighted by atomic mass is 9.96. The number of esters is 1. The van der Waals surface area contributed by atoms with Crippen LogP contribution in [0.25, 0.3) is 0 Å². The molecule has 1 saturated heterocycles. The zero-order chi connectivity index (χ0) is 22.6. The molecular formula is C23H28N2O5S. The fourth-order valence-corrected chi connectivity index (χ4v) is 4.77. The predicted molar refractivity (Wildman–Crippen MR) is 118 cm³/mol. The van der Waals surface area contributed by atoms with E-state index in [1.165, 1.54) is 0 Å². The van der Waals surface area contributed by atoms with Gasteiger partial charge in [0.2, 0.25) is 0 Å². The number of carbonyl (C=O) groups excluding carboxylic acids is 2. The van der Waals surface area contributed by atoms with Crippen molar-refractivity contribution < 1.29 is 22.7 Å². The first kappa shape index (κ1) is 22.8. The molecule has 7 nitrogen and oxygen atoms in total. The maximum absolute atomic E-state index is 13.1. The minimum atomic E-state index is -3.77. The summed E-state index contributed by atoms with van der Waals surface area (Å²) in [5.74, 6) is -0.563. The number of likely N-dealkylation sites (tertiary alicyclic amines) is 1. The van der Waals surface area contributed by atoms with Crippen LogP contribution in [-0.4, -0.2) is 44.9 Å². The Balaban J connectivity index is 1.74. The van der Waals surface area contributed by atoms with Crippen molar-refractivity contribution in [3.05, 3.63) is 59.2 Å². The molecule has 0 aromatic heterocycles. The molecule has 2 aromatic rings. The number of benzene rings is 2. The van der Waals surface area contributed by atoms with Crippen molar-refractivity contribution in [3.8, 4) is 0 Å². The Morgan fingerprint density at radius 1 is 1.06 bits per heavy atom. The number of carbonyl (C=O) groups is 2. The first-order chi connectivity index (χ1) is 14.7. The van der Waals surface area contributed by atoms with Gasteiger partial charge in [0.1, 0.15) is 0 Å². The van der Waals surface area contributed by atoms with Crippen LogP contribution in [0.5, 0.6) is 0 Å². The predicted octanol–water partition coefficient (Wildman–Crippen LogP) is 3.52. The summed E-state index contributed by atoms with van der Waals surface area (Å²) >= 11 is 0. The molecule has 2 aromatic carbocycles. The Morgan fingerprint density at radius 2 is 1.71 bits per heavy atom. The van der Waals surface area contributed by atoms with Gasteiger partial charge in [0.25, 0.3) is 15.9 Å². The highest BCUT2D eigenvalue weighted by atomic mass is 32.2. The number of aryl methyl sites for hydroxylation is 1. The molecule has 1 N–H and O–H groups in total. The molecule has 1 aliphatic rings. The largest absolute Gasteiger partial charge is 0.466 e. The van der Waals surface area contributed by atoms with Crippen molar-refractivity contribution in [2.24, 2.45) is 5.92 Å². The second-order valence-corrected chi connectivity index (χ2v) is 9.40. The molecule has 0 saturated carbocycles. The van der Waals surface area contributed by atoms with Gasteiger partial charge in [-0.25, -0.2) is 8.42 Å². The number of nitrogens with one attached hydrogen (secondary N) is 1. The van der Waals surface area contributed by atoms with Gasteiger partial charge in [0, 0.05) is 18.7 Å². The standard InChI is InChI=1S/C23H28N2O5S/c1-4-30-23(27)18-12-14-25(15-13-18)22(26)20-6-5-7-21(17(20)3)24-31(28,29)19-10-8-16(2)9-11-19/h5-11,18,24H,4,12-15H2,1-3H3. The van der Waals surface area contributed by atoms with E-state index in [2.05, 4.69) is 4.72 Å². The third-order valence-corrected chi connectivity index (χ3v) is 6.92. The fourth-order valence-electron chi connectivity index (χ4n) is 3.65. The SMILES string of the molecule is CCOC(=O)C1CCN(C(=O)c2cccc(NS(=O)(=O)c3ccc(C)cc3)c2C)CC1. The summed E-state index contributed by atoms with van der Waals surface area (Å²) < 4.78 is 33.2. The Hall–Kier alpha value is -2.87. The van der Waals surface area contributed by atoms with Crippen molar-refractivity contribution >= 4 is 27.6 Å². The number of anilines is 1. The lowest BCUT2D eigenvalue weighted by Crippen LogP contribution is -2.41. The van der Waals surface area contributed by atoms with Crippen molar-refractivity contribution in [3.63, 3.8) is 0 Å². The van der Waals surface area contributed by atoms with Gasteiger partial charge in [-0.05, 0) is 63.4 Å². The van der Waals surface area contributed by atoms with Crippen LogP contribution in [0.2, 0.25) is 0 Å². The summed E-state index contributed by atoms with van der Waals surface area (Å²) in [7, 11) is -3.77. The Labute approximate surface area is 183 Å². The molecule has 0 bridgehead atoms. The van der Waals surface area contributed by atoms with Crippen LogP contribution in [0.1, 0.15) is 41.3 Å². The van der Waals surface area contributed by atoms with Crippen molar-refractivity contribution in [1.29, 1.82) is 0 Å². The molecular weight excluding hydrogens is 416 g/mol. The number of nitrogens with zero attached hydrogens (tertiary/aromatic N) is 1. The van der Waals surface area contributed by atoms with E-state index in [0.29, 0.717) is 49.4 Å². The van der Waals surface area contributed by atoms with Gasteiger partial charge >= 0.3 is 5.97 Å². The summed E-state index contributed by atoms with van der Waals surface area (Å²) in [6.07, 6.45) is 1.12. The molecule has 0 radical (unpaired) electrons. The monoisotopic (exact) mass is 444 g/mol. The van der Waals surface area contributed by atoms with Crippen LogP contribution < -0.4 is 4.72 Å². The molecule has 1 fully saturated rings. The summed E-state index contributed by atoms with van der Waals surface area (Å²) in [6, 6.07) is 11.6. The van der Waals surface area contributed by atoms with Crippen molar-refractivity contribution in [2.75, 3.05) is 24.4 Å². The second-order valence-electron chi connectivity index (χ2n) is 7.72. The van der Waals surface area contributed by atoms with E-state index < -0.39 is 10.0 Å². The molecule has 8 heteroatoms. The molecule has 0 spiro atoms. The zero-order valence-electron chi connectivity index (χ0n) is 18.1. The Bertz CT molecular complexity index is 1060.